The SMILES string of the molecule is CN1CC(CCl)C(c2ccc(F)cc2)C1. The van der Waals surface area contributed by atoms with Crippen molar-refractivity contribution in [3.63, 3.8) is 0 Å². The van der Waals surface area contributed by atoms with Crippen molar-refractivity contribution in [3.05, 3.63) is 35.6 Å². The molecule has 1 aliphatic rings. The zero-order valence-electron chi connectivity index (χ0n) is 8.79. The van der Waals surface area contributed by atoms with Gasteiger partial charge < -0.3 is 4.90 Å². The molecule has 0 amide bonds. The molecule has 2 atom stereocenters. The fourth-order valence-electron chi connectivity index (χ4n) is 2.33. The summed E-state index contributed by atoms with van der Waals surface area (Å²) >= 11 is 5.95. The summed E-state index contributed by atoms with van der Waals surface area (Å²) in [5, 5.41) is 0. The van der Waals surface area contributed by atoms with E-state index in [2.05, 4.69) is 11.9 Å². The van der Waals surface area contributed by atoms with Crippen molar-refractivity contribution < 1.29 is 4.39 Å². The molecule has 1 heterocycles. The molecule has 0 aliphatic carbocycles. The number of halogens is 2. The summed E-state index contributed by atoms with van der Waals surface area (Å²) in [6.07, 6.45) is 0. The van der Waals surface area contributed by atoms with E-state index in [1.54, 1.807) is 0 Å². The average Bonchev–Trinajstić information content (AvgIpc) is 2.61. The number of likely N-dealkylation sites (N-methyl/N-ethyl adjacent to an activating group) is 1. The van der Waals surface area contributed by atoms with Crippen LogP contribution in [0.3, 0.4) is 0 Å². The summed E-state index contributed by atoms with van der Waals surface area (Å²) < 4.78 is 12.8. The average molecular weight is 228 g/mol. The first-order valence-corrected chi connectivity index (χ1v) is 5.74. The third kappa shape index (κ3) is 2.32. The van der Waals surface area contributed by atoms with Crippen molar-refractivity contribution in [2.75, 3.05) is 26.0 Å². The fraction of sp³-hybridized carbons (Fsp3) is 0.500. The van der Waals surface area contributed by atoms with Gasteiger partial charge in [0, 0.05) is 24.9 Å². The van der Waals surface area contributed by atoms with Gasteiger partial charge in [0.15, 0.2) is 0 Å². The summed E-state index contributed by atoms with van der Waals surface area (Å²) in [7, 11) is 2.10. The third-order valence-electron chi connectivity index (χ3n) is 3.12. The molecule has 82 valence electrons. The highest BCUT2D eigenvalue weighted by Crippen LogP contribution is 2.32. The van der Waals surface area contributed by atoms with Gasteiger partial charge in [0.1, 0.15) is 5.82 Å². The van der Waals surface area contributed by atoms with Crippen molar-refractivity contribution >= 4 is 11.6 Å². The first kappa shape index (κ1) is 10.9. The molecule has 0 N–H and O–H groups in total. The van der Waals surface area contributed by atoms with Crippen LogP contribution in [-0.4, -0.2) is 30.9 Å². The summed E-state index contributed by atoms with van der Waals surface area (Å²) in [5.74, 6) is 1.44. The van der Waals surface area contributed by atoms with E-state index in [0.29, 0.717) is 17.7 Å². The van der Waals surface area contributed by atoms with E-state index in [9.17, 15) is 4.39 Å². The van der Waals surface area contributed by atoms with Crippen LogP contribution in [0.15, 0.2) is 24.3 Å². The maximum atomic E-state index is 12.8. The number of likely N-dealkylation sites (tertiary alicyclic amines) is 1. The van der Waals surface area contributed by atoms with E-state index < -0.39 is 0 Å². The van der Waals surface area contributed by atoms with Crippen LogP contribution in [0.1, 0.15) is 11.5 Å². The number of hydrogen-bond acceptors (Lipinski definition) is 1. The van der Waals surface area contributed by atoms with E-state index >= 15 is 0 Å². The summed E-state index contributed by atoms with van der Waals surface area (Å²) in [5.41, 5.74) is 1.20. The zero-order chi connectivity index (χ0) is 10.8. The van der Waals surface area contributed by atoms with Crippen molar-refractivity contribution in [3.8, 4) is 0 Å². The lowest BCUT2D eigenvalue weighted by Crippen LogP contribution is -2.14. The quantitative estimate of drug-likeness (QED) is 0.703. The van der Waals surface area contributed by atoms with Crippen LogP contribution in [0.25, 0.3) is 0 Å². The summed E-state index contributed by atoms with van der Waals surface area (Å²) in [4.78, 5) is 2.28. The van der Waals surface area contributed by atoms with Crippen LogP contribution in [-0.2, 0) is 0 Å². The molecule has 1 aromatic rings. The Morgan fingerprint density at radius 1 is 1.33 bits per heavy atom. The van der Waals surface area contributed by atoms with Crippen LogP contribution in [0, 0.1) is 11.7 Å². The number of nitrogens with zero attached hydrogens (tertiary/aromatic N) is 1. The third-order valence-corrected chi connectivity index (χ3v) is 3.52. The van der Waals surface area contributed by atoms with Crippen LogP contribution >= 0.6 is 11.6 Å². The van der Waals surface area contributed by atoms with E-state index in [1.807, 2.05) is 12.1 Å². The van der Waals surface area contributed by atoms with Gasteiger partial charge in [-0.2, -0.15) is 0 Å². The molecule has 2 unspecified atom stereocenters. The highest BCUT2D eigenvalue weighted by Gasteiger charge is 2.31. The minimum Gasteiger partial charge on any atom is -0.305 e. The van der Waals surface area contributed by atoms with Crippen molar-refractivity contribution in [1.82, 2.24) is 4.90 Å². The Kier molecular flexibility index (Phi) is 3.27. The molecular weight excluding hydrogens is 213 g/mol. The molecule has 1 fully saturated rings. The topological polar surface area (TPSA) is 3.24 Å². The largest absolute Gasteiger partial charge is 0.305 e. The van der Waals surface area contributed by atoms with Crippen LogP contribution in [0.5, 0.6) is 0 Å². The molecule has 0 spiro atoms. The highest BCUT2D eigenvalue weighted by atomic mass is 35.5. The predicted molar refractivity (Wildman–Crippen MR) is 60.8 cm³/mol. The maximum absolute atomic E-state index is 12.8. The lowest BCUT2D eigenvalue weighted by atomic mass is 9.90. The van der Waals surface area contributed by atoms with Gasteiger partial charge in [-0.05, 0) is 30.7 Å². The Morgan fingerprint density at radius 3 is 2.60 bits per heavy atom. The highest BCUT2D eigenvalue weighted by molar-refractivity contribution is 6.18. The molecular formula is C12H15ClFN. The lowest BCUT2D eigenvalue weighted by Gasteiger charge is -2.16. The molecule has 1 saturated heterocycles. The van der Waals surface area contributed by atoms with Crippen LogP contribution in [0.4, 0.5) is 4.39 Å². The van der Waals surface area contributed by atoms with Crippen molar-refractivity contribution in [1.29, 1.82) is 0 Å². The van der Waals surface area contributed by atoms with Gasteiger partial charge in [-0.15, -0.1) is 11.6 Å². The molecule has 0 radical (unpaired) electrons. The standard InChI is InChI=1S/C12H15ClFN/c1-15-7-10(6-13)12(8-15)9-2-4-11(14)5-3-9/h2-5,10,12H,6-8H2,1H3. The number of alkyl halides is 1. The zero-order valence-corrected chi connectivity index (χ0v) is 9.54. The van der Waals surface area contributed by atoms with Crippen LogP contribution < -0.4 is 0 Å². The molecule has 1 aliphatic heterocycles. The molecule has 15 heavy (non-hydrogen) atoms. The smallest absolute Gasteiger partial charge is 0.123 e. The molecule has 0 bridgehead atoms. The van der Waals surface area contributed by atoms with Gasteiger partial charge in [0.2, 0.25) is 0 Å². The fourth-order valence-corrected chi connectivity index (χ4v) is 2.64. The van der Waals surface area contributed by atoms with Gasteiger partial charge in [-0.3, -0.25) is 0 Å². The van der Waals surface area contributed by atoms with Crippen LogP contribution in [0.2, 0.25) is 0 Å². The van der Waals surface area contributed by atoms with Gasteiger partial charge in [-0.1, -0.05) is 12.1 Å². The van der Waals surface area contributed by atoms with E-state index in [-0.39, 0.29) is 5.82 Å². The number of rotatable bonds is 2. The Bertz CT molecular complexity index is 325. The second-order valence-corrected chi connectivity index (χ2v) is 4.60. The Labute approximate surface area is 94.8 Å². The summed E-state index contributed by atoms with van der Waals surface area (Å²) in [6, 6.07) is 6.80. The minimum absolute atomic E-state index is 0.174. The molecule has 1 aromatic carbocycles. The first-order chi connectivity index (χ1) is 7.20. The van der Waals surface area contributed by atoms with E-state index in [1.165, 1.54) is 17.7 Å². The van der Waals surface area contributed by atoms with Gasteiger partial charge in [0.25, 0.3) is 0 Å². The minimum atomic E-state index is -0.174. The second kappa shape index (κ2) is 4.50. The normalized spacial score (nSPS) is 27.1. The second-order valence-electron chi connectivity index (χ2n) is 4.29. The first-order valence-electron chi connectivity index (χ1n) is 5.20. The number of hydrogen-bond donors (Lipinski definition) is 0. The molecule has 2 rings (SSSR count). The Balaban J connectivity index is 2.19. The molecule has 1 nitrogen and oxygen atoms in total. The Hall–Kier alpha value is -0.600. The van der Waals surface area contributed by atoms with E-state index in [4.69, 9.17) is 11.6 Å². The van der Waals surface area contributed by atoms with Gasteiger partial charge >= 0.3 is 0 Å². The molecule has 0 saturated carbocycles. The lowest BCUT2D eigenvalue weighted by molar-refractivity contribution is 0.401. The molecule has 0 aromatic heterocycles. The van der Waals surface area contributed by atoms with Crippen molar-refractivity contribution in [2.24, 2.45) is 5.92 Å². The Morgan fingerprint density at radius 2 is 2.00 bits per heavy atom. The monoisotopic (exact) mass is 227 g/mol. The maximum Gasteiger partial charge on any atom is 0.123 e. The van der Waals surface area contributed by atoms with Gasteiger partial charge in [-0.25, -0.2) is 4.39 Å². The van der Waals surface area contributed by atoms with Gasteiger partial charge in [0.05, 0.1) is 0 Å². The predicted octanol–water partition coefficient (Wildman–Crippen LogP) is 2.71. The summed E-state index contributed by atoms with van der Waals surface area (Å²) in [6.45, 7) is 2.05. The number of benzene rings is 1. The van der Waals surface area contributed by atoms with E-state index in [0.717, 1.165) is 13.1 Å². The molecule has 3 heteroatoms. The van der Waals surface area contributed by atoms with Crippen molar-refractivity contribution in [2.45, 2.75) is 5.92 Å².